The van der Waals surface area contributed by atoms with Crippen LogP contribution in [0.1, 0.15) is 254 Å². The smallest absolute Gasteiger partial charge is 0.170 e. The largest absolute Gasteiger partial charge is 0.205 e. The molecule has 0 saturated heterocycles. The molecule has 2 nitrogen and oxygen atoms in total. The number of aromatic nitrogens is 2. The van der Waals surface area contributed by atoms with Crippen LogP contribution in [-0.2, 0) is 12.8 Å². The van der Waals surface area contributed by atoms with Gasteiger partial charge in [-0.2, -0.15) is 8.75 Å². The molecular weight excluding hydrogens is 1010 g/mol. The fourth-order valence-corrected chi connectivity index (χ4v) is 16.3. The maximum Gasteiger partial charge on any atom is 0.170 e. The summed E-state index contributed by atoms with van der Waals surface area (Å²) < 4.78 is 60.1. The summed E-state index contributed by atoms with van der Waals surface area (Å²) in [6.07, 6.45) is 42.7. The molecule has 0 fully saturated rings. The third kappa shape index (κ3) is 18.6. The molecule has 74 heavy (non-hydrogen) atoms. The van der Waals surface area contributed by atoms with Gasteiger partial charge < -0.3 is 0 Å². The Kier molecular flexibility index (Phi) is 27.8. The molecule has 0 radical (unpaired) electrons. The maximum atomic E-state index is 17.3. The molecule has 0 aliphatic carbocycles. The highest BCUT2D eigenvalue weighted by atomic mass is 32.1. The van der Waals surface area contributed by atoms with Crippen molar-refractivity contribution in [1.29, 1.82) is 0 Å². The molecule has 0 aliphatic rings. The second-order valence-electron chi connectivity index (χ2n) is 22.0. The molecule has 6 aromatic rings. The van der Waals surface area contributed by atoms with Gasteiger partial charge >= 0.3 is 0 Å². The van der Waals surface area contributed by atoms with E-state index in [0.29, 0.717) is 32.6 Å². The van der Waals surface area contributed by atoms with Gasteiger partial charge in [-0.1, -0.05) is 233 Å². The van der Waals surface area contributed by atoms with E-state index in [9.17, 15) is 0 Å². The number of nitrogens with zero attached hydrogens (tertiary/aromatic N) is 2. The van der Waals surface area contributed by atoms with E-state index < -0.39 is 11.6 Å². The Hall–Kier alpha value is -2.37. The topological polar surface area (TPSA) is 25.8 Å². The number of hydrogen-bond donors (Lipinski definition) is 0. The molecule has 6 rings (SSSR count). The van der Waals surface area contributed by atoms with Crippen LogP contribution in [0.15, 0.2) is 30.3 Å². The predicted molar refractivity (Wildman–Crippen MR) is 325 cm³/mol. The van der Waals surface area contributed by atoms with Crippen molar-refractivity contribution in [2.75, 3.05) is 0 Å². The average molecular weight is 1110 g/mol. The van der Waals surface area contributed by atoms with Crippen LogP contribution in [0, 0.1) is 43.1 Å². The molecule has 0 saturated carbocycles. The van der Waals surface area contributed by atoms with E-state index in [2.05, 4.69) is 53.7 Å². The van der Waals surface area contributed by atoms with Crippen LogP contribution >= 0.6 is 57.1 Å². The molecule has 10 heteroatoms. The Morgan fingerprint density at radius 3 is 1.23 bits per heavy atom. The van der Waals surface area contributed by atoms with Crippen LogP contribution in [-0.4, -0.2) is 8.75 Å². The molecule has 410 valence electrons. The van der Waals surface area contributed by atoms with E-state index in [4.69, 9.17) is 8.75 Å². The van der Waals surface area contributed by atoms with E-state index in [1.54, 1.807) is 28.7 Å². The van der Waals surface area contributed by atoms with Crippen molar-refractivity contribution in [3.05, 3.63) is 68.7 Å². The van der Waals surface area contributed by atoms with Crippen molar-refractivity contribution >= 4 is 68.1 Å². The standard InChI is InChI=1S/C64H93F3N2S5/c1-7-11-15-19-23-25-29-33-36-48(35-31-27-21-17-13-9-3)41-50-43-54(71-47(50)6)57-59(66)60(67)58(62-61(57)68-74-69-62)55-44-51(63(72-55)56-45-52(65)64(73-56)53-40-39-46(5)70-53)42-49(37-32-28-22-18-14-10-4)38-34-30-26-24-20-16-12-8-2/h39-40,43-45,48-49H,7-38,41-42H2,1-6H3. The number of fused-ring (bicyclic) bond motifs is 1. The average Bonchev–Trinajstić information content (AvgIpc) is 4.26. The summed E-state index contributed by atoms with van der Waals surface area (Å²) in [6.45, 7) is 13.3. The van der Waals surface area contributed by atoms with Crippen LogP contribution in [0.25, 0.3) is 51.4 Å². The van der Waals surface area contributed by atoms with Crippen molar-refractivity contribution in [3.8, 4) is 40.4 Å². The van der Waals surface area contributed by atoms with Crippen molar-refractivity contribution in [3.63, 3.8) is 0 Å². The molecular formula is C64H93F3N2S5. The van der Waals surface area contributed by atoms with Gasteiger partial charge in [-0.3, -0.25) is 0 Å². The number of benzene rings is 1. The highest BCUT2D eigenvalue weighted by Gasteiger charge is 2.30. The Labute approximate surface area is 467 Å². The van der Waals surface area contributed by atoms with Gasteiger partial charge in [0.25, 0.3) is 0 Å². The second-order valence-corrected chi connectivity index (χ2v) is 27.2. The normalized spacial score (nSPS) is 12.8. The predicted octanol–water partition coefficient (Wildman–Crippen LogP) is 24.5. The van der Waals surface area contributed by atoms with Crippen molar-refractivity contribution in [2.45, 2.75) is 260 Å². The second kappa shape index (κ2) is 33.8. The number of aryl methyl sites for hydroxylation is 2. The lowest BCUT2D eigenvalue weighted by Crippen LogP contribution is -2.06. The zero-order chi connectivity index (χ0) is 52.5. The zero-order valence-corrected chi connectivity index (χ0v) is 50.7. The highest BCUT2D eigenvalue weighted by molar-refractivity contribution is 7.27. The summed E-state index contributed by atoms with van der Waals surface area (Å²) in [7, 11) is 0. The third-order valence-corrected chi connectivity index (χ3v) is 21.0. The fourth-order valence-electron chi connectivity index (χ4n) is 11.2. The van der Waals surface area contributed by atoms with E-state index >= 15 is 13.2 Å². The van der Waals surface area contributed by atoms with Crippen molar-refractivity contribution in [1.82, 2.24) is 8.75 Å². The Morgan fingerprint density at radius 2 is 0.797 bits per heavy atom. The molecule has 0 amide bonds. The quantitative estimate of drug-likeness (QED) is 0.0358. The first-order valence-corrected chi connectivity index (χ1v) is 33.9. The van der Waals surface area contributed by atoms with Crippen LogP contribution in [0.3, 0.4) is 0 Å². The van der Waals surface area contributed by atoms with Gasteiger partial charge in [0.05, 0.1) is 27.7 Å². The number of rotatable bonds is 40. The van der Waals surface area contributed by atoms with Crippen molar-refractivity contribution in [2.24, 2.45) is 11.8 Å². The van der Waals surface area contributed by atoms with Crippen LogP contribution in [0.2, 0.25) is 0 Å². The van der Waals surface area contributed by atoms with Gasteiger partial charge in [-0.15, -0.1) is 45.3 Å². The first-order chi connectivity index (χ1) is 36.2. The van der Waals surface area contributed by atoms with Gasteiger partial charge in [0.2, 0.25) is 0 Å². The van der Waals surface area contributed by atoms with Crippen LogP contribution < -0.4 is 0 Å². The lowest BCUT2D eigenvalue weighted by molar-refractivity contribution is 0.400. The van der Waals surface area contributed by atoms with Crippen LogP contribution in [0.5, 0.6) is 0 Å². The molecule has 0 N–H and O–H groups in total. The zero-order valence-electron chi connectivity index (χ0n) is 46.7. The Morgan fingerprint density at radius 1 is 0.405 bits per heavy atom. The molecule has 0 spiro atoms. The SMILES string of the molecule is CCCCCCCCCCC(CCCCCCCC)Cc1cc(-c2c(F)c(F)c(-c3cc(CC(CCCCCCCC)CCCCCCCCCC)c(-c4cc(F)c(-c5ccc(C)s5)s4)s3)c3nsnc23)sc1C. The first-order valence-electron chi connectivity index (χ1n) is 29.9. The molecule has 2 atom stereocenters. The van der Waals surface area contributed by atoms with Gasteiger partial charge in [0, 0.05) is 34.1 Å². The maximum absolute atomic E-state index is 17.3. The number of halogens is 3. The third-order valence-electron chi connectivity index (χ3n) is 15.7. The molecule has 2 unspecified atom stereocenters. The molecule has 0 bridgehead atoms. The van der Waals surface area contributed by atoms with Gasteiger partial charge in [-0.05, 0) is 80.0 Å². The minimum absolute atomic E-state index is 0.187. The minimum atomic E-state index is -0.863. The lowest BCUT2D eigenvalue weighted by Gasteiger charge is -2.17. The molecule has 5 heterocycles. The Balaban J connectivity index is 1.29. The summed E-state index contributed by atoms with van der Waals surface area (Å²) in [5, 5.41) is 0. The highest BCUT2D eigenvalue weighted by Crippen LogP contribution is 2.50. The van der Waals surface area contributed by atoms with E-state index in [1.807, 2.05) is 12.1 Å². The molecule has 0 aliphatic heterocycles. The number of hydrogen-bond acceptors (Lipinski definition) is 7. The number of unbranched alkanes of at least 4 members (excludes halogenated alkanes) is 24. The minimum Gasteiger partial charge on any atom is -0.205 e. The summed E-state index contributed by atoms with van der Waals surface area (Å²) in [6, 6.07) is 9.99. The van der Waals surface area contributed by atoms with Gasteiger partial charge in [0.1, 0.15) is 16.9 Å². The van der Waals surface area contributed by atoms with Gasteiger partial charge in [0.15, 0.2) is 11.6 Å². The van der Waals surface area contributed by atoms with E-state index in [1.165, 1.54) is 226 Å². The number of thiophene rings is 4. The van der Waals surface area contributed by atoms with E-state index in [0.717, 1.165) is 67.4 Å². The Bertz CT molecular complexity index is 2490. The van der Waals surface area contributed by atoms with Gasteiger partial charge in [-0.25, -0.2) is 13.2 Å². The summed E-state index contributed by atoms with van der Waals surface area (Å²) in [5.74, 6) is -0.894. The van der Waals surface area contributed by atoms with E-state index in [-0.39, 0.29) is 16.9 Å². The first kappa shape index (κ1) is 60.9. The fraction of sp³-hybridized carbons (Fsp3) is 0.656. The summed E-state index contributed by atoms with van der Waals surface area (Å²) in [4.78, 5) is 7.08. The van der Waals surface area contributed by atoms with Crippen molar-refractivity contribution < 1.29 is 13.2 Å². The molecule has 5 aromatic heterocycles. The lowest BCUT2D eigenvalue weighted by atomic mass is 9.88. The molecule has 1 aromatic carbocycles. The van der Waals surface area contributed by atoms with Crippen LogP contribution in [0.4, 0.5) is 13.2 Å². The monoisotopic (exact) mass is 1110 g/mol. The summed E-state index contributed by atoms with van der Waals surface area (Å²) >= 11 is 7.16. The summed E-state index contributed by atoms with van der Waals surface area (Å²) in [5.41, 5.74) is 3.65.